The summed E-state index contributed by atoms with van der Waals surface area (Å²) in [7, 11) is 0. The van der Waals surface area contributed by atoms with Crippen LogP contribution in [-0.2, 0) is 0 Å². The monoisotopic (exact) mass is 195 g/mol. The zero-order valence-electron chi connectivity index (χ0n) is 8.30. The molecule has 0 spiro atoms. The van der Waals surface area contributed by atoms with Gasteiger partial charge in [0.2, 0.25) is 0 Å². The molecule has 0 atom stereocenters. The molecule has 2 rings (SSSR count). The molecule has 0 saturated carbocycles. The number of nitrogens with zero attached hydrogens (tertiary/aromatic N) is 2. The maximum atomic E-state index is 4.23. The topological polar surface area (TPSA) is 25.8 Å². The normalized spacial score (nSPS) is 10.7. The zero-order valence-corrected chi connectivity index (χ0v) is 8.30. The molecule has 73 valence electrons. The fourth-order valence-corrected chi connectivity index (χ4v) is 1.41. The molecule has 1 radical (unpaired) electrons. The van der Waals surface area contributed by atoms with Gasteiger partial charge in [0.15, 0.2) is 5.82 Å². The average molecular weight is 195 g/mol. The summed E-state index contributed by atoms with van der Waals surface area (Å²) in [5.74, 6) is 0.742. The third-order valence-electron chi connectivity index (χ3n) is 2.06. The van der Waals surface area contributed by atoms with Crippen LogP contribution in [0, 0.1) is 6.92 Å². The maximum Gasteiger partial charge on any atom is 0.159 e. The van der Waals surface area contributed by atoms with E-state index in [0.29, 0.717) is 0 Å². The molecule has 0 saturated heterocycles. The predicted octanol–water partition coefficient (Wildman–Crippen LogP) is 2.99. The first-order valence-corrected chi connectivity index (χ1v) is 4.74. The van der Waals surface area contributed by atoms with Gasteiger partial charge in [0, 0.05) is 18.0 Å². The van der Waals surface area contributed by atoms with Gasteiger partial charge in [-0.1, -0.05) is 36.4 Å². The summed E-state index contributed by atoms with van der Waals surface area (Å²) in [5.41, 5.74) is 2.11. The zero-order chi connectivity index (χ0) is 10.5. The Morgan fingerprint density at radius 2 is 1.73 bits per heavy atom. The van der Waals surface area contributed by atoms with Crippen molar-refractivity contribution in [2.45, 2.75) is 0 Å². The van der Waals surface area contributed by atoms with Gasteiger partial charge in [0.05, 0.1) is 0 Å². The van der Waals surface area contributed by atoms with Crippen molar-refractivity contribution < 1.29 is 0 Å². The van der Waals surface area contributed by atoms with Crippen LogP contribution in [0.25, 0.3) is 17.5 Å². The molecule has 1 aromatic carbocycles. The highest BCUT2D eigenvalue weighted by molar-refractivity contribution is 5.70. The van der Waals surface area contributed by atoms with Crippen molar-refractivity contribution in [1.29, 1.82) is 0 Å². The van der Waals surface area contributed by atoms with Gasteiger partial charge in [-0.05, 0) is 18.6 Å². The van der Waals surface area contributed by atoms with Crippen LogP contribution in [0.15, 0.2) is 48.8 Å². The van der Waals surface area contributed by atoms with Crippen molar-refractivity contribution in [2.75, 3.05) is 0 Å². The number of hydrogen-bond acceptors (Lipinski definition) is 2. The van der Waals surface area contributed by atoms with Crippen LogP contribution in [0.4, 0.5) is 0 Å². The largest absolute Gasteiger partial charge is 0.237 e. The molecule has 0 aliphatic heterocycles. The molecule has 1 heterocycles. The van der Waals surface area contributed by atoms with Crippen molar-refractivity contribution in [2.24, 2.45) is 0 Å². The summed E-state index contributed by atoms with van der Waals surface area (Å²) < 4.78 is 0. The third-order valence-corrected chi connectivity index (χ3v) is 2.06. The second kappa shape index (κ2) is 4.51. The molecule has 0 amide bonds. The van der Waals surface area contributed by atoms with Gasteiger partial charge in [0.25, 0.3) is 0 Å². The van der Waals surface area contributed by atoms with Gasteiger partial charge in [-0.3, -0.25) is 0 Å². The molecule has 0 aliphatic rings. The molecule has 2 nitrogen and oxygen atoms in total. The minimum atomic E-state index is 0.742. The SMILES string of the molecule is [CH2]/C=C/c1ccccc1-c1ncccn1. The Labute approximate surface area is 89.3 Å². The number of benzene rings is 1. The van der Waals surface area contributed by atoms with E-state index in [2.05, 4.69) is 16.9 Å². The minimum Gasteiger partial charge on any atom is -0.237 e. The number of aromatic nitrogens is 2. The molecule has 15 heavy (non-hydrogen) atoms. The summed E-state index contributed by atoms with van der Waals surface area (Å²) >= 11 is 0. The van der Waals surface area contributed by atoms with Crippen molar-refractivity contribution in [1.82, 2.24) is 9.97 Å². The maximum absolute atomic E-state index is 4.23. The number of allylic oxidation sites excluding steroid dienone is 1. The highest BCUT2D eigenvalue weighted by atomic mass is 14.8. The van der Waals surface area contributed by atoms with Crippen molar-refractivity contribution >= 4 is 6.08 Å². The van der Waals surface area contributed by atoms with Gasteiger partial charge in [-0.25, -0.2) is 9.97 Å². The lowest BCUT2D eigenvalue weighted by Crippen LogP contribution is -1.89. The van der Waals surface area contributed by atoms with Crippen LogP contribution in [0.2, 0.25) is 0 Å². The van der Waals surface area contributed by atoms with Gasteiger partial charge in [-0.2, -0.15) is 0 Å². The van der Waals surface area contributed by atoms with E-state index in [4.69, 9.17) is 0 Å². The standard InChI is InChI=1S/C13H11N2/c1-2-6-11-7-3-4-8-12(11)13-14-9-5-10-15-13/h2-10H,1H2/b6-2+. The van der Waals surface area contributed by atoms with Gasteiger partial charge >= 0.3 is 0 Å². The molecule has 2 aromatic rings. The van der Waals surface area contributed by atoms with Gasteiger partial charge in [0.1, 0.15) is 0 Å². The Kier molecular flexibility index (Phi) is 2.88. The van der Waals surface area contributed by atoms with E-state index in [1.54, 1.807) is 18.5 Å². The van der Waals surface area contributed by atoms with E-state index >= 15 is 0 Å². The molecule has 0 bridgehead atoms. The van der Waals surface area contributed by atoms with Crippen LogP contribution in [0.5, 0.6) is 0 Å². The average Bonchev–Trinajstić information content (AvgIpc) is 2.31. The quantitative estimate of drug-likeness (QED) is 0.736. The molecule has 0 fully saturated rings. The smallest absolute Gasteiger partial charge is 0.159 e. The van der Waals surface area contributed by atoms with Crippen molar-refractivity contribution in [3.05, 3.63) is 61.3 Å². The van der Waals surface area contributed by atoms with Crippen LogP contribution in [0.1, 0.15) is 5.56 Å². The highest BCUT2D eigenvalue weighted by Crippen LogP contribution is 2.20. The Hall–Kier alpha value is -1.96. The summed E-state index contributed by atoms with van der Waals surface area (Å²) in [5, 5.41) is 0. The molecule has 2 heteroatoms. The predicted molar refractivity (Wildman–Crippen MR) is 61.9 cm³/mol. The summed E-state index contributed by atoms with van der Waals surface area (Å²) in [6.45, 7) is 3.69. The van der Waals surface area contributed by atoms with E-state index in [0.717, 1.165) is 17.0 Å². The number of hydrogen-bond donors (Lipinski definition) is 0. The first-order valence-electron chi connectivity index (χ1n) is 4.74. The van der Waals surface area contributed by atoms with Crippen molar-refractivity contribution in [3.63, 3.8) is 0 Å². The Morgan fingerprint density at radius 1 is 1.00 bits per heavy atom. The van der Waals surface area contributed by atoms with Crippen LogP contribution in [0.3, 0.4) is 0 Å². The van der Waals surface area contributed by atoms with Crippen LogP contribution < -0.4 is 0 Å². The first kappa shape index (κ1) is 9.59. The minimum absolute atomic E-state index is 0.742. The van der Waals surface area contributed by atoms with E-state index in [-0.39, 0.29) is 0 Å². The summed E-state index contributed by atoms with van der Waals surface area (Å²) in [4.78, 5) is 8.45. The van der Waals surface area contributed by atoms with Gasteiger partial charge < -0.3 is 0 Å². The Morgan fingerprint density at radius 3 is 2.47 bits per heavy atom. The van der Waals surface area contributed by atoms with Crippen LogP contribution in [-0.4, -0.2) is 9.97 Å². The van der Waals surface area contributed by atoms with E-state index in [1.165, 1.54) is 0 Å². The summed E-state index contributed by atoms with van der Waals surface area (Å²) in [6.07, 6.45) is 7.20. The molecule has 1 aromatic heterocycles. The lowest BCUT2D eigenvalue weighted by molar-refractivity contribution is 1.17. The van der Waals surface area contributed by atoms with Crippen LogP contribution >= 0.6 is 0 Å². The second-order valence-corrected chi connectivity index (χ2v) is 3.06. The van der Waals surface area contributed by atoms with Gasteiger partial charge in [-0.15, -0.1) is 0 Å². The van der Waals surface area contributed by atoms with E-state index in [9.17, 15) is 0 Å². The highest BCUT2D eigenvalue weighted by Gasteiger charge is 2.02. The third kappa shape index (κ3) is 2.10. The molecule has 0 unspecified atom stereocenters. The lowest BCUT2D eigenvalue weighted by atomic mass is 10.1. The molecular weight excluding hydrogens is 184 g/mol. The van der Waals surface area contributed by atoms with Crippen molar-refractivity contribution in [3.8, 4) is 11.4 Å². The molecule has 0 aliphatic carbocycles. The Balaban J connectivity index is 2.53. The van der Waals surface area contributed by atoms with E-state index < -0.39 is 0 Å². The second-order valence-electron chi connectivity index (χ2n) is 3.06. The number of rotatable bonds is 2. The van der Waals surface area contributed by atoms with E-state index in [1.807, 2.05) is 36.4 Å². The fourth-order valence-electron chi connectivity index (χ4n) is 1.41. The fraction of sp³-hybridized carbons (Fsp3) is 0. The lowest BCUT2D eigenvalue weighted by Gasteiger charge is -2.03. The molecular formula is C13H11N2. The Bertz CT molecular complexity index is 461. The first-order chi connectivity index (χ1) is 7.42. The molecule has 0 N–H and O–H groups in total. The summed E-state index contributed by atoms with van der Waals surface area (Å²) in [6, 6.07) is 9.80.